The molecule has 0 spiro atoms. The molecule has 0 radical (unpaired) electrons. The highest BCUT2D eigenvalue weighted by atomic mass is 32.2. The van der Waals surface area contributed by atoms with Gasteiger partial charge in [0.05, 0.1) is 18.6 Å². The van der Waals surface area contributed by atoms with Crippen LogP contribution in [0, 0.1) is 0 Å². The molecule has 1 aromatic rings. The maximum Gasteiger partial charge on any atom is 0.285 e. The van der Waals surface area contributed by atoms with Crippen molar-refractivity contribution in [3.05, 3.63) is 28.7 Å². The summed E-state index contributed by atoms with van der Waals surface area (Å²) in [6, 6.07) is 5.45. The summed E-state index contributed by atoms with van der Waals surface area (Å²) in [5, 5.41) is 1.08. The van der Waals surface area contributed by atoms with E-state index in [-0.39, 0.29) is 16.1 Å². The average molecular weight is 380 g/mol. The number of ether oxygens (including phenoxy) is 2. The van der Waals surface area contributed by atoms with E-state index in [0.717, 1.165) is 35.2 Å². The fraction of sp³-hybridized carbons (Fsp3) is 0.353. The van der Waals surface area contributed by atoms with Gasteiger partial charge in [0.1, 0.15) is 0 Å². The summed E-state index contributed by atoms with van der Waals surface area (Å²) in [4.78, 5) is 23.9. The number of carbonyl (C=O) groups excluding carboxylic acids is 2. The molecule has 8 heteroatoms. The van der Waals surface area contributed by atoms with Gasteiger partial charge < -0.3 is 9.47 Å². The molecule has 1 heterocycles. The van der Waals surface area contributed by atoms with Crippen molar-refractivity contribution >= 4 is 46.2 Å². The van der Waals surface area contributed by atoms with Crippen molar-refractivity contribution in [2.75, 3.05) is 13.7 Å². The maximum atomic E-state index is 12.3. The van der Waals surface area contributed by atoms with E-state index >= 15 is 0 Å². The van der Waals surface area contributed by atoms with Gasteiger partial charge in [0.2, 0.25) is 5.91 Å². The minimum atomic E-state index is -0.354. The molecule has 1 aliphatic heterocycles. The van der Waals surface area contributed by atoms with E-state index in [4.69, 9.17) is 21.7 Å². The number of thiocarbonyl (C=S) groups is 1. The molecule has 0 aromatic heterocycles. The second kappa shape index (κ2) is 8.87. The number of hydrogen-bond acceptors (Lipinski definition) is 6. The van der Waals surface area contributed by atoms with Gasteiger partial charge in [0.25, 0.3) is 5.91 Å². The third-order valence-corrected chi connectivity index (χ3v) is 4.61. The van der Waals surface area contributed by atoms with Crippen LogP contribution in [0.15, 0.2) is 23.1 Å². The van der Waals surface area contributed by atoms with Crippen LogP contribution < -0.4 is 14.9 Å². The van der Waals surface area contributed by atoms with Crippen molar-refractivity contribution in [3.63, 3.8) is 0 Å². The van der Waals surface area contributed by atoms with Crippen molar-refractivity contribution in [2.45, 2.75) is 26.7 Å². The van der Waals surface area contributed by atoms with E-state index < -0.39 is 0 Å². The van der Waals surface area contributed by atoms with Gasteiger partial charge in [0.15, 0.2) is 15.8 Å². The fourth-order valence-corrected chi connectivity index (χ4v) is 3.27. The first kappa shape index (κ1) is 19.3. The highest BCUT2D eigenvalue weighted by Gasteiger charge is 2.33. The fourth-order valence-electron chi connectivity index (χ4n) is 2.09. The highest BCUT2D eigenvalue weighted by Crippen LogP contribution is 2.34. The van der Waals surface area contributed by atoms with E-state index in [1.54, 1.807) is 19.3 Å². The van der Waals surface area contributed by atoms with Crippen molar-refractivity contribution in [1.82, 2.24) is 10.4 Å². The molecule has 1 fully saturated rings. The van der Waals surface area contributed by atoms with Gasteiger partial charge in [-0.25, -0.2) is 0 Å². The number of hydrogen-bond donors (Lipinski definition) is 1. The molecule has 134 valence electrons. The van der Waals surface area contributed by atoms with Crippen LogP contribution in [0.2, 0.25) is 0 Å². The Morgan fingerprint density at radius 3 is 2.80 bits per heavy atom. The van der Waals surface area contributed by atoms with Gasteiger partial charge >= 0.3 is 0 Å². The molecular weight excluding hydrogens is 360 g/mol. The van der Waals surface area contributed by atoms with Crippen molar-refractivity contribution in [3.8, 4) is 11.5 Å². The third-order valence-electron chi connectivity index (χ3n) is 3.30. The largest absolute Gasteiger partial charge is 0.493 e. The third kappa shape index (κ3) is 4.96. The van der Waals surface area contributed by atoms with Gasteiger partial charge in [-0.05, 0) is 42.4 Å². The summed E-state index contributed by atoms with van der Waals surface area (Å²) in [6.45, 7) is 4.05. The van der Waals surface area contributed by atoms with Gasteiger partial charge in [0, 0.05) is 6.92 Å². The smallest absolute Gasteiger partial charge is 0.285 e. The van der Waals surface area contributed by atoms with Crippen LogP contribution in [-0.4, -0.2) is 34.9 Å². The minimum absolute atomic E-state index is 0.290. The zero-order valence-corrected chi connectivity index (χ0v) is 16.0. The monoisotopic (exact) mass is 380 g/mol. The first-order valence-electron chi connectivity index (χ1n) is 7.82. The van der Waals surface area contributed by atoms with Gasteiger partial charge in [-0.2, -0.15) is 5.01 Å². The number of unbranched alkanes of at least 4 members (excludes halogenated alkanes) is 1. The zero-order valence-electron chi connectivity index (χ0n) is 14.3. The summed E-state index contributed by atoms with van der Waals surface area (Å²) < 4.78 is 11.4. The molecular formula is C17H20N2O4S2. The SMILES string of the molecule is CCCCOc1ccc(/C=C2\SC(=S)N(NC(C)=O)C2=O)cc1OC. The molecule has 1 saturated heterocycles. The quantitative estimate of drug-likeness (QED) is 0.445. The summed E-state index contributed by atoms with van der Waals surface area (Å²) >= 11 is 6.26. The van der Waals surface area contributed by atoms with Crippen LogP contribution in [0.1, 0.15) is 32.3 Å². The number of hydrazine groups is 1. The summed E-state index contributed by atoms with van der Waals surface area (Å²) in [7, 11) is 1.57. The lowest BCUT2D eigenvalue weighted by molar-refractivity contribution is -0.131. The Labute approximate surface area is 156 Å². The molecule has 0 saturated carbocycles. The van der Waals surface area contributed by atoms with E-state index in [0.29, 0.717) is 23.0 Å². The molecule has 0 bridgehead atoms. The number of thioether (sulfide) groups is 1. The second-order valence-corrected chi connectivity index (χ2v) is 6.97. The van der Waals surface area contributed by atoms with E-state index in [2.05, 4.69) is 12.3 Å². The van der Waals surface area contributed by atoms with E-state index in [1.165, 1.54) is 6.92 Å². The number of nitrogens with one attached hydrogen (secondary N) is 1. The maximum absolute atomic E-state index is 12.3. The van der Waals surface area contributed by atoms with Crippen LogP contribution in [0.25, 0.3) is 6.08 Å². The standard InChI is InChI=1S/C17H20N2O4S2/c1-4-5-8-23-13-7-6-12(9-14(13)22-3)10-15-16(21)19(17(24)25-15)18-11(2)20/h6-7,9-10H,4-5,8H2,1-3H3,(H,18,20)/b15-10-. The molecule has 25 heavy (non-hydrogen) atoms. The number of benzene rings is 1. The molecule has 0 unspecified atom stereocenters. The molecule has 1 aliphatic rings. The van der Waals surface area contributed by atoms with E-state index in [9.17, 15) is 9.59 Å². The molecule has 1 N–H and O–H groups in total. The topological polar surface area (TPSA) is 67.9 Å². The lowest BCUT2D eigenvalue weighted by Gasteiger charge is -2.13. The molecule has 2 amide bonds. The summed E-state index contributed by atoms with van der Waals surface area (Å²) in [5.41, 5.74) is 3.20. The number of nitrogens with zero attached hydrogens (tertiary/aromatic N) is 1. The normalized spacial score (nSPS) is 15.6. The van der Waals surface area contributed by atoms with Gasteiger partial charge in [-0.15, -0.1) is 0 Å². The minimum Gasteiger partial charge on any atom is -0.493 e. The lowest BCUT2D eigenvalue weighted by atomic mass is 10.2. The summed E-state index contributed by atoms with van der Waals surface area (Å²) in [5.74, 6) is 0.557. The van der Waals surface area contributed by atoms with Crippen LogP contribution >= 0.6 is 24.0 Å². The number of amides is 2. The Morgan fingerprint density at radius 2 is 2.16 bits per heavy atom. The molecule has 0 aliphatic carbocycles. The van der Waals surface area contributed by atoms with Crippen molar-refractivity contribution in [2.24, 2.45) is 0 Å². The number of rotatable bonds is 7. The van der Waals surface area contributed by atoms with Crippen LogP contribution in [-0.2, 0) is 9.59 Å². The Bertz CT molecular complexity index is 719. The highest BCUT2D eigenvalue weighted by molar-refractivity contribution is 8.26. The molecule has 0 atom stereocenters. The Kier molecular flexibility index (Phi) is 6.83. The Hall–Kier alpha value is -2.06. The Balaban J connectivity index is 2.19. The van der Waals surface area contributed by atoms with Crippen LogP contribution in [0.4, 0.5) is 0 Å². The number of carbonyl (C=O) groups is 2. The zero-order chi connectivity index (χ0) is 18.4. The predicted molar refractivity (Wildman–Crippen MR) is 102 cm³/mol. The van der Waals surface area contributed by atoms with Gasteiger partial charge in [-0.3, -0.25) is 15.0 Å². The predicted octanol–water partition coefficient (Wildman–Crippen LogP) is 3.13. The average Bonchev–Trinajstić information content (AvgIpc) is 2.83. The Morgan fingerprint density at radius 1 is 1.40 bits per heavy atom. The molecule has 1 aromatic carbocycles. The van der Waals surface area contributed by atoms with Crippen molar-refractivity contribution < 1.29 is 19.1 Å². The second-order valence-electron chi connectivity index (χ2n) is 5.30. The molecule has 2 rings (SSSR count). The van der Waals surface area contributed by atoms with Gasteiger partial charge in [-0.1, -0.05) is 31.2 Å². The number of methoxy groups -OCH3 is 1. The summed E-state index contributed by atoms with van der Waals surface area (Å²) in [6.07, 6.45) is 3.73. The molecule has 6 nitrogen and oxygen atoms in total. The van der Waals surface area contributed by atoms with Crippen LogP contribution in [0.3, 0.4) is 0 Å². The van der Waals surface area contributed by atoms with Crippen LogP contribution in [0.5, 0.6) is 11.5 Å². The van der Waals surface area contributed by atoms with E-state index in [1.807, 2.05) is 12.1 Å². The first-order chi connectivity index (χ1) is 12.0. The van der Waals surface area contributed by atoms with Crippen molar-refractivity contribution in [1.29, 1.82) is 0 Å². The lowest BCUT2D eigenvalue weighted by Crippen LogP contribution is -2.43. The first-order valence-corrected chi connectivity index (χ1v) is 9.04.